The first-order valence-corrected chi connectivity index (χ1v) is 18.4. The molecule has 4 aromatic rings. The summed E-state index contributed by atoms with van der Waals surface area (Å²) in [6.45, 7) is -1.55. The van der Waals surface area contributed by atoms with E-state index in [4.69, 9.17) is 18.9 Å². The van der Waals surface area contributed by atoms with Crippen molar-refractivity contribution in [2.75, 3.05) is 13.2 Å². The molecule has 4 aromatic carbocycles. The topological polar surface area (TPSA) is 311 Å². The normalized spacial score (nSPS) is 31.1. The standard InChI is InChI=1S/C41H38O18/c42-12-23-31(46)35(50)37(52)40(58-23)56-21-8-2-5-16-25(15-4-1-7-19(44)27(15)33(48)29(16)21)26-17-6-3-9-22(57-41-38(53)36(51)32(47)24(13-43)59-41)30(17)34(49)28-18(26)10-14(39(54)55)11-20(28)45/h1-11,23-26,31-32,35-38,40-47,50-53H,12-13H2,(H,54,55)/t23-,24-,25-,26-,31-,32-,35+,36+,37-,38-,40-,41-/m1/s1. The van der Waals surface area contributed by atoms with Crippen LogP contribution in [0.4, 0.5) is 0 Å². The van der Waals surface area contributed by atoms with Gasteiger partial charge in [-0.15, -0.1) is 0 Å². The van der Waals surface area contributed by atoms with Crippen LogP contribution in [0.5, 0.6) is 23.0 Å². The lowest BCUT2D eigenvalue weighted by Gasteiger charge is -2.41. The first-order chi connectivity index (χ1) is 28.2. The molecule has 0 spiro atoms. The first-order valence-electron chi connectivity index (χ1n) is 18.4. The number of aromatic carboxylic acids is 1. The van der Waals surface area contributed by atoms with Gasteiger partial charge in [0.15, 0.2) is 0 Å². The van der Waals surface area contributed by atoms with E-state index in [9.17, 15) is 70.6 Å². The van der Waals surface area contributed by atoms with Gasteiger partial charge in [-0.25, -0.2) is 4.79 Å². The molecular weight excluding hydrogens is 780 g/mol. The minimum atomic E-state index is -1.88. The molecule has 18 nitrogen and oxygen atoms in total. The Morgan fingerprint density at radius 2 is 0.966 bits per heavy atom. The van der Waals surface area contributed by atoms with E-state index >= 15 is 0 Å². The van der Waals surface area contributed by atoms with Gasteiger partial charge < -0.3 is 75.1 Å². The molecular formula is C41H38O18. The number of phenolic OH excluding ortho intramolecular Hbond substituents is 2. The predicted molar refractivity (Wildman–Crippen MR) is 195 cm³/mol. The number of carboxylic acids is 1. The fraction of sp³-hybridized carbons (Fsp3) is 0.341. The number of hydrogen-bond donors (Lipinski definition) is 11. The molecule has 11 N–H and O–H groups in total. The Balaban J connectivity index is 1.34. The number of ether oxygens (including phenoxy) is 4. The highest BCUT2D eigenvalue weighted by Gasteiger charge is 2.49. The Bertz CT molecular complexity index is 2340. The van der Waals surface area contributed by atoms with Gasteiger partial charge in [0.25, 0.3) is 0 Å². The van der Waals surface area contributed by atoms with Crippen molar-refractivity contribution >= 4 is 17.5 Å². The minimum absolute atomic E-state index is 0.00950. The van der Waals surface area contributed by atoms with Crippen LogP contribution in [0.25, 0.3) is 0 Å². The van der Waals surface area contributed by atoms with Crippen LogP contribution in [-0.2, 0) is 9.47 Å². The van der Waals surface area contributed by atoms with Crippen LogP contribution in [0.1, 0.15) is 76.3 Å². The van der Waals surface area contributed by atoms with Crippen molar-refractivity contribution in [1.29, 1.82) is 0 Å². The second-order valence-electron chi connectivity index (χ2n) is 14.7. The number of aromatic hydroxyl groups is 2. The maximum atomic E-state index is 14.6. The van der Waals surface area contributed by atoms with Crippen molar-refractivity contribution in [3.8, 4) is 23.0 Å². The number of benzene rings is 4. The third-order valence-corrected chi connectivity index (χ3v) is 11.4. The van der Waals surface area contributed by atoms with Crippen molar-refractivity contribution < 1.29 is 89.5 Å². The van der Waals surface area contributed by atoms with Crippen LogP contribution in [0.2, 0.25) is 0 Å². The van der Waals surface area contributed by atoms with E-state index in [1.165, 1.54) is 60.7 Å². The summed E-state index contributed by atoms with van der Waals surface area (Å²) in [5, 5.41) is 116. The monoisotopic (exact) mass is 818 g/mol. The van der Waals surface area contributed by atoms with E-state index in [1.807, 2.05) is 0 Å². The molecule has 18 heteroatoms. The molecule has 0 bridgehead atoms. The summed E-state index contributed by atoms with van der Waals surface area (Å²) >= 11 is 0. The number of aliphatic hydroxyl groups excluding tert-OH is 8. The van der Waals surface area contributed by atoms with Crippen LogP contribution < -0.4 is 9.47 Å². The number of aliphatic hydroxyl groups is 8. The molecule has 0 amide bonds. The highest BCUT2D eigenvalue weighted by molar-refractivity contribution is 6.18. The highest BCUT2D eigenvalue weighted by atomic mass is 16.7. The van der Waals surface area contributed by atoms with Crippen LogP contribution >= 0.6 is 0 Å². The van der Waals surface area contributed by atoms with Gasteiger partial charge in [0.1, 0.15) is 71.8 Å². The molecule has 2 saturated heterocycles. The Kier molecular flexibility index (Phi) is 10.4. The van der Waals surface area contributed by atoms with Crippen LogP contribution in [0.3, 0.4) is 0 Å². The van der Waals surface area contributed by atoms with Gasteiger partial charge in [0, 0.05) is 11.8 Å². The zero-order valence-electron chi connectivity index (χ0n) is 30.5. The maximum Gasteiger partial charge on any atom is 0.335 e. The van der Waals surface area contributed by atoms with Gasteiger partial charge in [-0.1, -0.05) is 36.4 Å². The van der Waals surface area contributed by atoms with Gasteiger partial charge in [0.2, 0.25) is 24.1 Å². The molecule has 2 aliphatic heterocycles. The van der Waals surface area contributed by atoms with E-state index in [0.717, 1.165) is 6.07 Å². The average molecular weight is 819 g/mol. The van der Waals surface area contributed by atoms with E-state index < -0.39 is 121 Å². The average Bonchev–Trinajstić information content (AvgIpc) is 3.21. The molecule has 0 saturated carbocycles. The summed E-state index contributed by atoms with van der Waals surface area (Å²) in [6.07, 6.45) is -17.1. The van der Waals surface area contributed by atoms with Gasteiger partial charge in [-0.2, -0.15) is 0 Å². The molecule has 4 aliphatic rings. The number of ketones is 2. The number of carboxylic acid groups (broad SMARTS) is 1. The molecule has 2 aliphatic carbocycles. The zero-order valence-corrected chi connectivity index (χ0v) is 30.5. The molecule has 59 heavy (non-hydrogen) atoms. The van der Waals surface area contributed by atoms with Crippen molar-refractivity contribution in [3.05, 3.63) is 117 Å². The summed E-state index contributed by atoms with van der Waals surface area (Å²) in [5.41, 5.74) is -0.857. The van der Waals surface area contributed by atoms with Gasteiger partial charge in [0.05, 0.1) is 41.0 Å². The Labute approximate surface area is 332 Å². The fourth-order valence-electron chi connectivity index (χ4n) is 8.51. The number of carbonyl (C=O) groups is 3. The molecule has 2 heterocycles. The molecule has 0 aromatic heterocycles. The molecule has 2 fully saturated rings. The number of rotatable bonds is 8. The molecule has 0 unspecified atom stereocenters. The molecule has 8 rings (SSSR count). The van der Waals surface area contributed by atoms with Crippen molar-refractivity contribution in [2.45, 2.75) is 73.2 Å². The second-order valence-corrected chi connectivity index (χ2v) is 14.7. The summed E-state index contributed by atoms with van der Waals surface area (Å²) in [7, 11) is 0. The molecule has 12 atom stereocenters. The Morgan fingerprint density at radius 3 is 1.42 bits per heavy atom. The lowest BCUT2D eigenvalue weighted by atomic mass is 9.63. The van der Waals surface area contributed by atoms with Crippen LogP contribution in [0.15, 0.2) is 66.7 Å². The first kappa shape index (κ1) is 40.3. The predicted octanol–water partition coefficient (Wildman–Crippen LogP) is -0.794. The largest absolute Gasteiger partial charge is 0.507 e. The number of phenols is 2. The lowest BCUT2D eigenvalue weighted by Crippen LogP contribution is -2.60. The highest BCUT2D eigenvalue weighted by Crippen LogP contribution is 2.56. The fourth-order valence-corrected chi connectivity index (χ4v) is 8.51. The van der Waals surface area contributed by atoms with E-state index in [2.05, 4.69) is 0 Å². The third kappa shape index (κ3) is 6.41. The summed E-state index contributed by atoms with van der Waals surface area (Å²) in [4.78, 5) is 41.5. The van der Waals surface area contributed by atoms with Crippen molar-refractivity contribution in [2.24, 2.45) is 0 Å². The second kappa shape index (κ2) is 15.3. The van der Waals surface area contributed by atoms with E-state index in [-0.39, 0.29) is 56.0 Å². The summed E-state index contributed by atoms with van der Waals surface area (Å²) < 4.78 is 23.1. The minimum Gasteiger partial charge on any atom is -0.507 e. The Morgan fingerprint density at radius 1 is 0.542 bits per heavy atom. The SMILES string of the molecule is O=C(O)c1cc(O)c2c(c1)[C@H]([C@@H]1c3cccc(O)c3C(=O)c3c(O[C@@H]4O[C@H](CO)[C@@H](O)[C@H](O)[C@H]4O)cccc31)c1cccc(O[C@@H]3O[C@H](CO)[C@@H](O)[C@H](O)[C@H]3O)c1C2=O. The number of hydrogen-bond acceptors (Lipinski definition) is 17. The number of carbonyl (C=O) groups excluding carboxylic acids is 2. The molecule has 310 valence electrons. The lowest BCUT2D eigenvalue weighted by molar-refractivity contribution is -0.277. The molecule has 0 radical (unpaired) electrons. The van der Waals surface area contributed by atoms with Crippen molar-refractivity contribution in [3.63, 3.8) is 0 Å². The summed E-state index contributed by atoms with van der Waals surface area (Å²) in [5.74, 6) is -7.08. The quantitative estimate of drug-likeness (QED) is 0.104. The van der Waals surface area contributed by atoms with Crippen LogP contribution in [0, 0.1) is 0 Å². The van der Waals surface area contributed by atoms with Crippen molar-refractivity contribution in [1.82, 2.24) is 0 Å². The smallest absolute Gasteiger partial charge is 0.335 e. The maximum absolute atomic E-state index is 14.6. The Hall–Kier alpha value is -5.51. The van der Waals surface area contributed by atoms with Gasteiger partial charge in [-0.3, -0.25) is 9.59 Å². The summed E-state index contributed by atoms with van der Waals surface area (Å²) in [6, 6.07) is 15.0. The van der Waals surface area contributed by atoms with E-state index in [0.29, 0.717) is 0 Å². The van der Waals surface area contributed by atoms with Crippen LogP contribution in [-0.4, -0.2) is 148 Å². The zero-order chi connectivity index (χ0) is 42.2. The van der Waals surface area contributed by atoms with Gasteiger partial charge in [-0.05, 0) is 52.6 Å². The third-order valence-electron chi connectivity index (χ3n) is 11.4. The van der Waals surface area contributed by atoms with E-state index in [1.54, 1.807) is 0 Å². The van der Waals surface area contributed by atoms with Gasteiger partial charge >= 0.3 is 5.97 Å². The number of fused-ring (bicyclic) bond motifs is 4.